The summed E-state index contributed by atoms with van der Waals surface area (Å²) in [5.41, 5.74) is 7.56. The van der Waals surface area contributed by atoms with Crippen LogP contribution in [0.4, 0.5) is 11.4 Å². The first-order valence-corrected chi connectivity index (χ1v) is 5.94. The zero-order chi connectivity index (χ0) is 11.5. The van der Waals surface area contributed by atoms with Crippen LogP contribution in [0.1, 0.15) is 13.3 Å². The Morgan fingerprint density at radius 2 is 2.31 bits per heavy atom. The van der Waals surface area contributed by atoms with E-state index in [0.29, 0.717) is 17.0 Å². The summed E-state index contributed by atoms with van der Waals surface area (Å²) in [6, 6.07) is 5.91. The molecular weight excluding hydrogens is 224 g/mol. The van der Waals surface area contributed by atoms with Gasteiger partial charge in [-0.25, -0.2) is 0 Å². The second kappa shape index (κ2) is 4.93. The molecule has 0 spiro atoms. The molecule has 4 heteroatoms. The first-order valence-electron chi connectivity index (χ1n) is 5.56. The van der Waals surface area contributed by atoms with Crippen LogP contribution in [0, 0.1) is 5.92 Å². The topological polar surface area (TPSA) is 47.3 Å². The van der Waals surface area contributed by atoms with Crippen molar-refractivity contribution in [1.82, 2.24) is 0 Å². The van der Waals surface area contributed by atoms with Crippen LogP contribution in [-0.4, -0.2) is 19.3 Å². The molecule has 0 aromatic heterocycles. The van der Waals surface area contributed by atoms with Gasteiger partial charge in [0, 0.05) is 17.7 Å². The fraction of sp³-hybridized carbons (Fsp3) is 0.500. The van der Waals surface area contributed by atoms with Crippen molar-refractivity contribution in [3.63, 3.8) is 0 Å². The Bertz CT molecular complexity index is 370. The average molecular weight is 241 g/mol. The van der Waals surface area contributed by atoms with Crippen molar-refractivity contribution in [2.45, 2.75) is 19.4 Å². The molecule has 1 aromatic rings. The molecular formula is C12H17ClN2O. The van der Waals surface area contributed by atoms with E-state index in [-0.39, 0.29) is 0 Å². The molecule has 2 unspecified atom stereocenters. The first-order chi connectivity index (χ1) is 7.66. The van der Waals surface area contributed by atoms with Crippen molar-refractivity contribution in [1.29, 1.82) is 0 Å². The fourth-order valence-corrected chi connectivity index (χ4v) is 2.12. The van der Waals surface area contributed by atoms with Crippen LogP contribution in [0.15, 0.2) is 18.2 Å². The monoisotopic (exact) mass is 240 g/mol. The highest BCUT2D eigenvalue weighted by Gasteiger charge is 2.22. The smallest absolute Gasteiger partial charge is 0.0591 e. The van der Waals surface area contributed by atoms with Gasteiger partial charge in [0.1, 0.15) is 0 Å². The molecule has 1 aliphatic heterocycles. The molecule has 0 radical (unpaired) electrons. The van der Waals surface area contributed by atoms with E-state index in [2.05, 4.69) is 12.2 Å². The van der Waals surface area contributed by atoms with Gasteiger partial charge in [0.15, 0.2) is 0 Å². The van der Waals surface area contributed by atoms with Gasteiger partial charge in [-0.05, 0) is 30.5 Å². The number of hydrogen-bond acceptors (Lipinski definition) is 3. The van der Waals surface area contributed by atoms with Gasteiger partial charge in [-0.2, -0.15) is 0 Å². The summed E-state index contributed by atoms with van der Waals surface area (Å²) >= 11 is 5.95. The van der Waals surface area contributed by atoms with Gasteiger partial charge in [0.2, 0.25) is 0 Å². The van der Waals surface area contributed by atoms with E-state index in [4.69, 9.17) is 22.1 Å². The van der Waals surface area contributed by atoms with Crippen LogP contribution in [0.3, 0.4) is 0 Å². The maximum Gasteiger partial charge on any atom is 0.0591 e. The van der Waals surface area contributed by atoms with Crippen LogP contribution in [0.2, 0.25) is 5.02 Å². The number of hydrogen-bond donors (Lipinski definition) is 2. The van der Waals surface area contributed by atoms with Gasteiger partial charge in [-0.3, -0.25) is 0 Å². The third-order valence-corrected chi connectivity index (χ3v) is 3.23. The van der Waals surface area contributed by atoms with Gasteiger partial charge < -0.3 is 15.8 Å². The standard InChI is InChI=1S/C12H17ClN2O/c1-8-7-16-5-4-11(8)15-12-6-9(13)2-3-10(12)14/h2-3,6,8,11,15H,4-5,7,14H2,1H3. The van der Waals surface area contributed by atoms with Crippen molar-refractivity contribution < 1.29 is 4.74 Å². The Kier molecular flexibility index (Phi) is 3.56. The van der Waals surface area contributed by atoms with Crippen LogP contribution in [0.25, 0.3) is 0 Å². The van der Waals surface area contributed by atoms with E-state index in [9.17, 15) is 0 Å². The quantitative estimate of drug-likeness (QED) is 0.782. The zero-order valence-electron chi connectivity index (χ0n) is 9.37. The Labute approximate surface area is 101 Å². The largest absolute Gasteiger partial charge is 0.397 e. The second-order valence-electron chi connectivity index (χ2n) is 4.32. The third-order valence-electron chi connectivity index (χ3n) is 3.00. The molecule has 3 N–H and O–H groups in total. The Balaban J connectivity index is 2.10. The van der Waals surface area contributed by atoms with Crippen LogP contribution in [0.5, 0.6) is 0 Å². The molecule has 1 aromatic carbocycles. The van der Waals surface area contributed by atoms with Crippen LogP contribution < -0.4 is 11.1 Å². The Morgan fingerprint density at radius 1 is 1.50 bits per heavy atom. The molecule has 0 aliphatic carbocycles. The lowest BCUT2D eigenvalue weighted by Crippen LogP contribution is -2.36. The van der Waals surface area contributed by atoms with E-state index in [0.717, 1.165) is 31.0 Å². The van der Waals surface area contributed by atoms with Gasteiger partial charge in [-0.15, -0.1) is 0 Å². The number of anilines is 2. The highest BCUT2D eigenvalue weighted by molar-refractivity contribution is 6.31. The van der Waals surface area contributed by atoms with Gasteiger partial charge in [0.05, 0.1) is 18.0 Å². The summed E-state index contributed by atoms with van der Waals surface area (Å²) < 4.78 is 5.41. The Hall–Kier alpha value is -0.930. The van der Waals surface area contributed by atoms with Crippen molar-refractivity contribution >= 4 is 23.0 Å². The van der Waals surface area contributed by atoms with Gasteiger partial charge >= 0.3 is 0 Å². The van der Waals surface area contributed by atoms with Crippen LogP contribution >= 0.6 is 11.6 Å². The van der Waals surface area contributed by atoms with E-state index >= 15 is 0 Å². The van der Waals surface area contributed by atoms with Crippen LogP contribution in [-0.2, 0) is 4.74 Å². The number of nitrogens with two attached hydrogens (primary N) is 1. The lowest BCUT2D eigenvalue weighted by Gasteiger charge is -2.30. The maximum absolute atomic E-state index is 5.95. The minimum absolute atomic E-state index is 0.412. The van der Waals surface area contributed by atoms with Crippen molar-refractivity contribution in [3.05, 3.63) is 23.2 Å². The molecule has 2 rings (SSSR count). The van der Waals surface area contributed by atoms with E-state index in [1.807, 2.05) is 12.1 Å². The summed E-state index contributed by atoms with van der Waals surface area (Å²) in [6.07, 6.45) is 1.01. The SMILES string of the molecule is CC1COCCC1Nc1cc(Cl)ccc1N. The highest BCUT2D eigenvalue weighted by atomic mass is 35.5. The summed E-state index contributed by atoms with van der Waals surface area (Å²) in [6.45, 7) is 3.79. The highest BCUT2D eigenvalue weighted by Crippen LogP contribution is 2.26. The molecule has 0 saturated carbocycles. The lowest BCUT2D eigenvalue weighted by molar-refractivity contribution is 0.0538. The fourth-order valence-electron chi connectivity index (χ4n) is 1.95. The molecule has 0 bridgehead atoms. The van der Waals surface area contributed by atoms with Gasteiger partial charge in [0.25, 0.3) is 0 Å². The molecule has 0 amide bonds. The van der Waals surface area contributed by atoms with E-state index in [1.165, 1.54) is 0 Å². The molecule has 16 heavy (non-hydrogen) atoms. The summed E-state index contributed by atoms with van der Waals surface area (Å²) in [5.74, 6) is 0.493. The summed E-state index contributed by atoms with van der Waals surface area (Å²) in [7, 11) is 0. The molecule has 2 atom stereocenters. The predicted molar refractivity (Wildman–Crippen MR) is 67.9 cm³/mol. The van der Waals surface area contributed by atoms with Crippen molar-refractivity contribution in [2.24, 2.45) is 5.92 Å². The molecule has 1 fully saturated rings. The third kappa shape index (κ3) is 2.60. The average Bonchev–Trinajstić information content (AvgIpc) is 2.27. The van der Waals surface area contributed by atoms with Gasteiger partial charge in [-0.1, -0.05) is 18.5 Å². The molecule has 1 heterocycles. The molecule has 1 aliphatic rings. The normalized spacial score (nSPS) is 25.4. The predicted octanol–water partition coefficient (Wildman–Crippen LogP) is 2.76. The molecule has 88 valence electrons. The van der Waals surface area contributed by atoms with E-state index < -0.39 is 0 Å². The number of nitrogen functional groups attached to an aromatic ring is 1. The number of nitrogens with one attached hydrogen (secondary N) is 1. The van der Waals surface area contributed by atoms with E-state index in [1.54, 1.807) is 6.07 Å². The van der Waals surface area contributed by atoms with Crippen molar-refractivity contribution in [2.75, 3.05) is 24.3 Å². The Morgan fingerprint density at radius 3 is 3.06 bits per heavy atom. The minimum Gasteiger partial charge on any atom is -0.397 e. The van der Waals surface area contributed by atoms with Crippen molar-refractivity contribution in [3.8, 4) is 0 Å². The number of rotatable bonds is 2. The zero-order valence-corrected chi connectivity index (χ0v) is 10.1. The number of benzene rings is 1. The molecule has 3 nitrogen and oxygen atoms in total. The lowest BCUT2D eigenvalue weighted by atomic mass is 9.97. The minimum atomic E-state index is 0.412. The second-order valence-corrected chi connectivity index (χ2v) is 4.76. The summed E-state index contributed by atoms with van der Waals surface area (Å²) in [5, 5.41) is 4.16. The number of halogens is 1. The maximum atomic E-state index is 5.95. The summed E-state index contributed by atoms with van der Waals surface area (Å²) in [4.78, 5) is 0. The first kappa shape index (κ1) is 11.6. The number of ether oxygens (including phenoxy) is 1. The molecule has 1 saturated heterocycles.